The zero-order chi connectivity index (χ0) is 49.3. The van der Waals surface area contributed by atoms with Crippen molar-refractivity contribution in [3.63, 3.8) is 0 Å². The minimum absolute atomic E-state index is 0.167. The SMILES string of the molecule is COCCCCNC(=O)c1ccc(OC2=C(/C=C/C3=[N+](CCCCS(=O)(=O)O)c4ccc(OC)cc4C3(C)C)CCC/C2=C\C=C2\N(CCCCS(=O)(=O)O)c3ccc(OC)cc3C2(C)C)cc1. The van der Waals surface area contributed by atoms with Crippen molar-refractivity contribution >= 4 is 43.2 Å². The van der Waals surface area contributed by atoms with Gasteiger partial charge in [-0.25, -0.2) is 0 Å². The van der Waals surface area contributed by atoms with Crippen LogP contribution in [0.1, 0.15) is 107 Å². The Kier molecular flexibility index (Phi) is 17.2. The van der Waals surface area contributed by atoms with E-state index in [1.165, 1.54) is 0 Å². The molecule has 3 aliphatic rings. The zero-order valence-corrected chi connectivity index (χ0v) is 42.1. The zero-order valence-electron chi connectivity index (χ0n) is 40.5. The van der Waals surface area contributed by atoms with Gasteiger partial charge in [0.2, 0.25) is 5.69 Å². The van der Waals surface area contributed by atoms with Gasteiger partial charge < -0.3 is 29.2 Å². The van der Waals surface area contributed by atoms with Gasteiger partial charge in [0.1, 0.15) is 29.6 Å². The number of hydrogen-bond acceptors (Lipinski definition) is 10. The molecule has 3 N–H and O–H groups in total. The van der Waals surface area contributed by atoms with Gasteiger partial charge in [0.25, 0.3) is 26.1 Å². The Morgan fingerprint density at radius 3 is 2.06 bits per heavy atom. The molecule has 0 bridgehead atoms. The molecule has 1 amide bonds. The van der Waals surface area contributed by atoms with E-state index in [4.69, 9.17) is 18.9 Å². The summed E-state index contributed by atoms with van der Waals surface area (Å²) in [4.78, 5) is 15.3. The number of carbonyl (C=O) groups is 1. The summed E-state index contributed by atoms with van der Waals surface area (Å²) in [6.45, 7) is 10.9. The van der Waals surface area contributed by atoms with Crippen LogP contribution in [0, 0.1) is 0 Å². The Morgan fingerprint density at radius 1 is 0.750 bits per heavy atom. The first-order valence-electron chi connectivity index (χ1n) is 23.3. The van der Waals surface area contributed by atoms with Gasteiger partial charge in [-0.2, -0.15) is 21.4 Å². The number of methoxy groups -OCH3 is 3. The first-order valence-corrected chi connectivity index (χ1v) is 26.6. The number of nitrogens with zero attached hydrogens (tertiary/aromatic N) is 2. The molecule has 0 unspecified atom stereocenters. The second-order valence-corrected chi connectivity index (χ2v) is 21.7. The number of anilines is 1. The largest absolute Gasteiger partial charge is 0.497 e. The van der Waals surface area contributed by atoms with E-state index in [9.17, 15) is 30.7 Å². The van der Waals surface area contributed by atoms with Crippen LogP contribution in [-0.4, -0.2) is 101 Å². The average Bonchev–Trinajstić information content (AvgIpc) is 3.64. The summed E-state index contributed by atoms with van der Waals surface area (Å²) >= 11 is 0. The highest BCUT2D eigenvalue weighted by molar-refractivity contribution is 7.86. The van der Waals surface area contributed by atoms with E-state index in [1.54, 1.807) is 33.5 Å². The maximum Gasteiger partial charge on any atom is 0.264 e. The molecule has 0 atom stereocenters. The molecule has 3 aromatic rings. The van der Waals surface area contributed by atoms with E-state index in [0.717, 1.165) is 88.7 Å². The lowest BCUT2D eigenvalue weighted by Crippen LogP contribution is -2.28. The molecular weight excluding hydrogens is 907 g/mol. The topological polar surface area (TPSA) is 181 Å². The van der Waals surface area contributed by atoms with Crippen molar-refractivity contribution in [3.8, 4) is 17.2 Å². The number of nitrogens with one attached hydrogen (secondary N) is 1. The summed E-state index contributed by atoms with van der Waals surface area (Å²) in [6, 6.07) is 19.2. The Morgan fingerprint density at radius 2 is 1.40 bits per heavy atom. The number of unbranched alkanes of at least 4 members (excludes halogenated alkanes) is 3. The Bertz CT molecular complexity index is 2700. The van der Waals surface area contributed by atoms with Crippen LogP contribution in [0.15, 0.2) is 108 Å². The number of hydrogen-bond donors (Lipinski definition) is 3. The summed E-state index contributed by atoms with van der Waals surface area (Å²) in [5.74, 6) is 1.94. The number of rotatable bonds is 23. The first-order chi connectivity index (χ1) is 32.3. The predicted molar refractivity (Wildman–Crippen MR) is 267 cm³/mol. The molecule has 14 nitrogen and oxygen atoms in total. The fourth-order valence-corrected chi connectivity index (χ4v) is 10.5. The Balaban J connectivity index is 1.42. The third-order valence-electron chi connectivity index (χ3n) is 13.0. The lowest BCUT2D eigenvalue weighted by molar-refractivity contribution is -0.438. The molecule has 1 aliphatic carbocycles. The minimum atomic E-state index is -4.09. The Hall–Kier alpha value is -5.26. The van der Waals surface area contributed by atoms with Gasteiger partial charge in [0.15, 0.2) is 5.71 Å². The standard InChI is InChI=1S/C52H67N3O11S2/c1-51(2)43-35-41(64-6)23-25-45(43)54(30-9-12-33-67(57,58)59)47(51)27-19-37-15-14-16-38(49(37)66-40-21-17-39(18-22-40)50(56)53-29-8-11-32-63-5)20-28-48-52(3,4)44-36-42(65-7)24-26-46(44)55(48)31-10-13-34-68(60,61)62/h17-28,35-36H,8-16,29-34H2,1-7H3,(H2-,53,56,57,58,59,60,61,62)/p+1. The van der Waals surface area contributed by atoms with Gasteiger partial charge in [-0.3, -0.25) is 13.9 Å². The van der Waals surface area contributed by atoms with Crippen LogP contribution < -0.4 is 24.4 Å². The predicted octanol–water partition coefficient (Wildman–Crippen LogP) is 9.25. The van der Waals surface area contributed by atoms with Crippen LogP contribution in [0.25, 0.3) is 0 Å². The molecule has 6 rings (SSSR count). The van der Waals surface area contributed by atoms with Crippen molar-refractivity contribution in [3.05, 3.63) is 124 Å². The summed E-state index contributed by atoms with van der Waals surface area (Å²) in [5, 5.41) is 2.98. The van der Waals surface area contributed by atoms with E-state index < -0.39 is 31.1 Å². The number of benzene rings is 3. The van der Waals surface area contributed by atoms with Gasteiger partial charge in [-0.1, -0.05) is 19.9 Å². The van der Waals surface area contributed by atoms with Crippen molar-refractivity contribution in [2.75, 3.05) is 64.0 Å². The molecule has 3 aromatic carbocycles. The van der Waals surface area contributed by atoms with Crippen molar-refractivity contribution in [1.29, 1.82) is 0 Å². The Labute approximate surface area is 402 Å². The van der Waals surface area contributed by atoms with Crippen molar-refractivity contribution in [2.24, 2.45) is 0 Å². The summed E-state index contributed by atoms with van der Waals surface area (Å²) in [6.07, 6.45) is 14.1. The second kappa shape index (κ2) is 22.4. The van der Waals surface area contributed by atoms with E-state index in [0.29, 0.717) is 69.0 Å². The van der Waals surface area contributed by atoms with Gasteiger partial charge in [-0.15, -0.1) is 0 Å². The summed E-state index contributed by atoms with van der Waals surface area (Å²) in [5.41, 5.74) is 7.74. The van der Waals surface area contributed by atoms with Gasteiger partial charge in [0, 0.05) is 73.3 Å². The second-order valence-electron chi connectivity index (χ2n) is 18.6. The number of allylic oxidation sites excluding steroid dienone is 7. The maximum atomic E-state index is 13.0. The quantitative estimate of drug-likeness (QED) is 0.0466. The smallest absolute Gasteiger partial charge is 0.264 e. The van der Waals surface area contributed by atoms with E-state index in [1.807, 2.05) is 48.5 Å². The number of amides is 1. The van der Waals surface area contributed by atoms with Crippen LogP contribution >= 0.6 is 0 Å². The van der Waals surface area contributed by atoms with E-state index in [2.05, 4.69) is 66.8 Å². The molecule has 0 spiro atoms. The van der Waals surface area contributed by atoms with Gasteiger partial charge in [0.05, 0.1) is 31.1 Å². The molecule has 2 heterocycles. The number of fused-ring (bicyclic) bond motifs is 2. The highest BCUT2D eigenvalue weighted by Gasteiger charge is 2.45. The van der Waals surface area contributed by atoms with Crippen LogP contribution in [0.3, 0.4) is 0 Å². The molecule has 368 valence electrons. The molecule has 0 fully saturated rings. The number of carbonyl (C=O) groups excluding carboxylic acids is 1. The molecule has 0 saturated heterocycles. The molecule has 0 saturated carbocycles. The van der Waals surface area contributed by atoms with Crippen molar-refractivity contribution in [2.45, 2.75) is 96.3 Å². The highest BCUT2D eigenvalue weighted by Crippen LogP contribution is 2.49. The molecule has 0 radical (unpaired) electrons. The van der Waals surface area contributed by atoms with Gasteiger partial charge in [-0.05, 0) is 149 Å². The van der Waals surface area contributed by atoms with Crippen LogP contribution in [0.4, 0.5) is 11.4 Å². The highest BCUT2D eigenvalue weighted by atomic mass is 32.2. The monoisotopic (exact) mass is 974 g/mol. The third kappa shape index (κ3) is 12.9. The molecule has 16 heteroatoms. The molecule has 0 aromatic heterocycles. The maximum absolute atomic E-state index is 13.0. The van der Waals surface area contributed by atoms with E-state index >= 15 is 0 Å². The van der Waals surface area contributed by atoms with Crippen molar-refractivity contribution in [1.82, 2.24) is 5.32 Å². The molecule has 2 aliphatic heterocycles. The van der Waals surface area contributed by atoms with Crippen molar-refractivity contribution < 1.29 is 54.3 Å². The minimum Gasteiger partial charge on any atom is -0.497 e. The third-order valence-corrected chi connectivity index (χ3v) is 14.6. The fraction of sp³-hybridized carbons (Fsp3) is 0.462. The summed E-state index contributed by atoms with van der Waals surface area (Å²) < 4.78 is 90.8. The lowest BCUT2D eigenvalue weighted by atomic mass is 9.81. The average molecular weight is 975 g/mol. The number of ether oxygens (including phenoxy) is 4. The first kappa shape index (κ1) is 52.1. The van der Waals surface area contributed by atoms with E-state index in [-0.39, 0.29) is 17.4 Å². The van der Waals surface area contributed by atoms with Crippen LogP contribution in [0.5, 0.6) is 17.2 Å². The normalized spacial score (nSPS) is 17.9. The lowest BCUT2D eigenvalue weighted by Gasteiger charge is -2.27. The van der Waals surface area contributed by atoms with Gasteiger partial charge >= 0.3 is 0 Å². The van der Waals surface area contributed by atoms with Crippen LogP contribution in [-0.2, 0) is 35.8 Å². The fourth-order valence-electron chi connectivity index (χ4n) is 9.33. The van der Waals surface area contributed by atoms with Crippen LogP contribution in [0.2, 0.25) is 0 Å². The molecular formula is C52H68N3O11S2+. The molecule has 68 heavy (non-hydrogen) atoms. The summed E-state index contributed by atoms with van der Waals surface area (Å²) in [7, 11) is -3.24.